The van der Waals surface area contributed by atoms with Crippen molar-refractivity contribution in [1.82, 2.24) is 9.88 Å². The van der Waals surface area contributed by atoms with E-state index in [0.717, 1.165) is 30.3 Å². The fourth-order valence-corrected chi connectivity index (χ4v) is 3.60. The lowest BCUT2D eigenvalue weighted by Crippen LogP contribution is -2.49. The Balaban J connectivity index is 1.56. The number of piperazine rings is 1. The molecule has 3 nitrogen and oxygen atoms in total. The zero-order valence-electron chi connectivity index (χ0n) is 11.4. The van der Waals surface area contributed by atoms with Gasteiger partial charge >= 0.3 is 0 Å². The number of alkyl halides is 1. The Hall–Kier alpha value is -0.610. The smallest absolute Gasteiger partial charge is 0.128 e. The third kappa shape index (κ3) is 3.11. The molecule has 1 saturated heterocycles. The largest absolute Gasteiger partial charge is 0.354 e. The minimum atomic E-state index is 0.867. The van der Waals surface area contributed by atoms with Crippen LogP contribution in [0.15, 0.2) is 18.3 Å². The lowest BCUT2D eigenvalue weighted by atomic mass is 10.2. The molecule has 19 heavy (non-hydrogen) atoms. The molecule has 1 aliphatic heterocycles. The predicted molar refractivity (Wildman–Crippen MR) is 82.9 cm³/mol. The number of anilines is 1. The molecule has 0 atom stereocenters. The average molecular weight is 324 g/mol. The Morgan fingerprint density at radius 1 is 1.11 bits per heavy atom. The summed E-state index contributed by atoms with van der Waals surface area (Å²) in [5, 5.41) is 0.885. The Labute approximate surface area is 124 Å². The normalized spacial score (nSPS) is 22.1. The van der Waals surface area contributed by atoms with Crippen LogP contribution in [0.5, 0.6) is 0 Å². The van der Waals surface area contributed by atoms with Crippen molar-refractivity contribution in [2.24, 2.45) is 0 Å². The van der Waals surface area contributed by atoms with Gasteiger partial charge in [0.15, 0.2) is 0 Å². The Morgan fingerprint density at radius 2 is 1.84 bits per heavy atom. The van der Waals surface area contributed by atoms with Gasteiger partial charge in [0.2, 0.25) is 0 Å². The van der Waals surface area contributed by atoms with Crippen molar-refractivity contribution >= 4 is 21.7 Å². The topological polar surface area (TPSA) is 19.4 Å². The molecule has 2 aliphatic rings. The van der Waals surface area contributed by atoms with Crippen molar-refractivity contribution in [1.29, 1.82) is 0 Å². The SMILES string of the molecule is BrCc1ccc(N2CCN(C3CCCC3)CC2)nc1. The van der Waals surface area contributed by atoms with Gasteiger partial charge in [0.1, 0.15) is 5.82 Å². The van der Waals surface area contributed by atoms with Gasteiger partial charge in [-0.15, -0.1) is 0 Å². The molecular formula is C15H22BrN3. The molecule has 0 unspecified atom stereocenters. The zero-order chi connectivity index (χ0) is 13.1. The van der Waals surface area contributed by atoms with E-state index >= 15 is 0 Å². The summed E-state index contributed by atoms with van der Waals surface area (Å²) in [4.78, 5) is 9.68. The van der Waals surface area contributed by atoms with Gasteiger partial charge in [-0.1, -0.05) is 34.8 Å². The van der Waals surface area contributed by atoms with Crippen LogP contribution < -0.4 is 4.90 Å². The first kappa shape index (κ1) is 13.4. The van der Waals surface area contributed by atoms with Gasteiger partial charge in [0.25, 0.3) is 0 Å². The lowest BCUT2D eigenvalue weighted by Gasteiger charge is -2.38. The molecule has 3 rings (SSSR count). The molecular weight excluding hydrogens is 302 g/mol. The highest BCUT2D eigenvalue weighted by atomic mass is 79.9. The van der Waals surface area contributed by atoms with Gasteiger partial charge in [-0.2, -0.15) is 0 Å². The van der Waals surface area contributed by atoms with E-state index in [0.29, 0.717) is 0 Å². The fraction of sp³-hybridized carbons (Fsp3) is 0.667. The third-order valence-electron chi connectivity index (χ3n) is 4.44. The van der Waals surface area contributed by atoms with Gasteiger partial charge in [0.05, 0.1) is 0 Å². The van der Waals surface area contributed by atoms with E-state index in [1.807, 2.05) is 6.20 Å². The van der Waals surface area contributed by atoms with E-state index in [-0.39, 0.29) is 0 Å². The summed E-state index contributed by atoms with van der Waals surface area (Å²) in [5.74, 6) is 1.13. The zero-order valence-corrected chi connectivity index (χ0v) is 13.0. The van der Waals surface area contributed by atoms with Crippen molar-refractivity contribution in [3.63, 3.8) is 0 Å². The van der Waals surface area contributed by atoms with Crippen LogP contribution in [0, 0.1) is 0 Å². The molecule has 1 aliphatic carbocycles. The molecule has 1 saturated carbocycles. The lowest BCUT2D eigenvalue weighted by molar-refractivity contribution is 0.187. The molecule has 0 aromatic carbocycles. The molecule has 1 aromatic rings. The number of hydrogen-bond acceptors (Lipinski definition) is 3. The summed E-state index contributed by atoms with van der Waals surface area (Å²) in [6.07, 6.45) is 7.67. The molecule has 1 aromatic heterocycles. The van der Waals surface area contributed by atoms with Gasteiger partial charge in [-0.05, 0) is 24.5 Å². The van der Waals surface area contributed by atoms with Crippen LogP contribution in [-0.4, -0.2) is 42.1 Å². The summed E-state index contributed by atoms with van der Waals surface area (Å²) < 4.78 is 0. The first-order valence-electron chi connectivity index (χ1n) is 7.37. The highest BCUT2D eigenvalue weighted by Crippen LogP contribution is 2.25. The van der Waals surface area contributed by atoms with Gasteiger partial charge in [-0.3, -0.25) is 4.90 Å². The molecule has 0 N–H and O–H groups in total. The molecule has 104 valence electrons. The average Bonchev–Trinajstić information content (AvgIpc) is 3.02. The van der Waals surface area contributed by atoms with Crippen molar-refractivity contribution < 1.29 is 0 Å². The Kier molecular flexibility index (Phi) is 4.38. The highest BCUT2D eigenvalue weighted by Gasteiger charge is 2.26. The first-order valence-corrected chi connectivity index (χ1v) is 8.49. The van der Waals surface area contributed by atoms with E-state index in [2.05, 4.69) is 42.8 Å². The second-order valence-corrected chi connectivity index (χ2v) is 6.18. The van der Waals surface area contributed by atoms with Crippen LogP contribution in [-0.2, 0) is 5.33 Å². The minimum Gasteiger partial charge on any atom is -0.354 e. The summed E-state index contributed by atoms with van der Waals surface area (Å²) in [5.41, 5.74) is 1.24. The van der Waals surface area contributed by atoms with Crippen LogP contribution in [0.3, 0.4) is 0 Å². The van der Waals surface area contributed by atoms with E-state index in [1.165, 1.54) is 44.3 Å². The second-order valence-electron chi connectivity index (χ2n) is 5.62. The minimum absolute atomic E-state index is 0.867. The van der Waals surface area contributed by atoms with Crippen LogP contribution in [0.25, 0.3) is 0 Å². The maximum absolute atomic E-state index is 4.57. The van der Waals surface area contributed by atoms with E-state index in [9.17, 15) is 0 Å². The maximum atomic E-state index is 4.57. The van der Waals surface area contributed by atoms with Crippen molar-refractivity contribution in [3.8, 4) is 0 Å². The van der Waals surface area contributed by atoms with Gasteiger partial charge in [0, 0.05) is 43.7 Å². The van der Waals surface area contributed by atoms with E-state index in [4.69, 9.17) is 0 Å². The molecule has 0 amide bonds. The fourth-order valence-electron chi connectivity index (χ4n) is 3.27. The number of halogens is 1. The maximum Gasteiger partial charge on any atom is 0.128 e. The summed E-state index contributed by atoms with van der Waals surface area (Å²) in [6.45, 7) is 4.65. The van der Waals surface area contributed by atoms with Crippen LogP contribution in [0.1, 0.15) is 31.2 Å². The predicted octanol–water partition coefficient (Wildman–Crippen LogP) is 3.04. The summed E-state index contributed by atoms with van der Waals surface area (Å²) in [7, 11) is 0. The van der Waals surface area contributed by atoms with Crippen molar-refractivity contribution in [2.75, 3.05) is 31.1 Å². The summed E-state index contributed by atoms with van der Waals surface area (Å²) in [6, 6.07) is 5.19. The molecule has 0 bridgehead atoms. The molecule has 2 fully saturated rings. The first-order chi connectivity index (χ1) is 9.36. The van der Waals surface area contributed by atoms with Crippen LogP contribution >= 0.6 is 15.9 Å². The third-order valence-corrected chi connectivity index (χ3v) is 5.09. The number of rotatable bonds is 3. The standard InChI is InChI=1S/C15H22BrN3/c16-11-13-5-6-15(17-12-13)19-9-7-18(8-10-19)14-3-1-2-4-14/h5-6,12,14H,1-4,7-11H2. The second kappa shape index (κ2) is 6.23. The Morgan fingerprint density at radius 3 is 2.42 bits per heavy atom. The van der Waals surface area contributed by atoms with Crippen molar-refractivity contribution in [3.05, 3.63) is 23.9 Å². The number of hydrogen-bond donors (Lipinski definition) is 0. The van der Waals surface area contributed by atoms with Gasteiger partial charge in [-0.25, -0.2) is 4.98 Å². The quantitative estimate of drug-likeness (QED) is 0.797. The Bertz CT molecular complexity index is 392. The van der Waals surface area contributed by atoms with Crippen molar-refractivity contribution in [2.45, 2.75) is 37.1 Å². The molecule has 4 heteroatoms. The van der Waals surface area contributed by atoms with Crippen LogP contribution in [0.4, 0.5) is 5.82 Å². The number of nitrogens with zero attached hydrogens (tertiary/aromatic N) is 3. The van der Waals surface area contributed by atoms with E-state index < -0.39 is 0 Å². The molecule has 0 spiro atoms. The summed E-state index contributed by atoms with van der Waals surface area (Å²) >= 11 is 3.46. The monoisotopic (exact) mass is 323 g/mol. The molecule has 0 radical (unpaired) electrons. The molecule has 2 heterocycles. The number of pyridine rings is 1. The van der Waals surface area contributed by atoms with Crippen LogP contribution in [0.2, 0.25) is 0 Å². The number of aromatic nitrogens is 1. The van der Waals surface area contributed by atoms with E-state index in [1.54, 1.807) is 0 Å². The highest BCUT2D eigenvalue weighted by molar-refractivity contribution is 9.08. The van der Waals surface area contributed by atoms with Gasteiger partial charge < -0.3 is 4.90 Å².